The molecular formula is C15H19BrClN3S. The number of aromatic nitrogens is 1. The summed E-state index contributed by atoms with van der Waals surface area (Å²) in [6, 6.07) is 8.93. The third kappa shape index (κ3) is 4.50. The van der Waals surface area contributed by atoms with E-state index in [9.17, 15) is 0 Å². The standard InChI is InChI=1S/C15H18BrN3S.ClH/c1-11-9-19(7-6-17-11)10-14-8-18-15(20-14)12-2-4-13(16)5-3-12;/h2-5,8,11,17H,6-7,9-10H2,1H3;1H/t11-;/m1./s1. The van der Waals surface area contributed by atoms with E-state index in [1.165, 1.54) is 10.4 Å². The highest BCUT2D eigenvalue weighted by Crippen LogP contribution is 2.27. The van der Waals surface area contributed by atoms with Crippen molar-refractivity contribution in [2.75, 3.05) is 19.6 Å². The Morgan fingerprint density at radius 3 is 2.86 bits per heavy atom. The summed E-state index contributed by atoms with van der Waals surface area (Å²) in [4.78, 5) is 8.41. The van der Waals surface area contributed by atoms with E-state index >= 15 is 0 Å². The van der Waals surface area contributed by atoms with Crippen LogP contribution < -0.4 is 5.32 Å². The van der Waals surface area contributed by atoms with Gasteiger partial charge in [0.25, 0.3) is 0 Å². The number of benzene rings is 1. The molecule has 114 valence electrons. The van der Waals surface area contributed by atoms with Crippen molar-refractivity contribution in [3.8, 4) is 10.6 Å². The maximum Gasteiger partial charge on any atom is 0.123 e. The second-order valence-electron chi connectivity index (χ2n) is 5.23. The van der Waals surface area contributed by atoms with E-state index in [2.05, 4.69) is 62.3 Å². The van der Waals surface area contributed by atoms with Crippen LogP contribution in [-0.4, -0.2) is 35.6 Å². The Balaban J connectivity index is 0.00000161. The number of hydrogen-bond acceptors (Lipinski definition) is 4. The molecule has 0 amide bonds. The highest BCUT2D eigenvalue weighted by molar-refractivity contribution is 9.10. The monoisotopic (exact) mass is 387 g/mol. The van der Waals surface area contributed by atoms with Crippen LogP contribution in [0.2, 0.25) is 0 Å². The molecule has 1 aromatic heterocycles. The average molecular weight is 389 g/mol. The van der Waals surface area contributed by atoms with E-state index in [-0.39, 0.29) is 12.4 Å². The molecule has 3 nitrogen and oxygen atoms in total. The van der Waals surface area contributed by atoms with Gasteiger partial charge >= 0.3 is 0 Å². The normalized spacial score (nSPS) is 19.2. The number of hydrogen-bond donors (Lipinski definition) is 1. The first-order valence-corrected chi connectivity index (χ1v) is 8.48. The van der Waals surface area contributed by atoms with Gasteiger partial charge in [0.2, 0.25) is 0 Å². The zero-order valence-electron chi connectivity index (χ0n) is 11.9. The SMILES string of the molecule is C[C@@H]1CN(Cc2cnc(-c3ccc(Br)cc3)s2)CCN1.Cl. The molecule has 2 heterocycles. The van der Waals surface area contributed by atoms with Crippen molar-refractivity contribution < 1.29 is 0 Å². The second-order valence-corrected chi connectivity index (χ2v) is 7.26. The van der Waals surface area contributed by atoms with E-state index in [4.69, 9.17) is 0 Å². The minimum atomic E-state index is 0. The van der Waals surface area contributed by atoms with Crippen LogP contribution in [0.3, 0.4) is 0 Å². The fourth-order valence-electron chi connectivity index (χ4n) is 2.48. The predicted octanol–water partition coefficient (Wildman–Crippen LogP) is 3.79. The molecule has 6 heteroatoms. The maximum atomic E-state index is 4.56. The van der Waals surface area contributed by atoms with E-state index < -0.39 is 0 Å². The second kappa shape index (κ2) is 7.70. The molecule has 0 spiro atoms. The Labute approximate surface area is 144 Å². The zero-order valence-corrected chi connectivity index (χ0v) is 15.1. The van der Waals surface area contributed by atoms with Crippen molar-refractivity contribution in [2.24, 2.45) is 0 Å². The highest BCUT2D eigenvalue weighted by atomic mass is 79.9. The molecule has 0 aliphatic carbocycles. The van der Waals surface area contributed by atoms with Crippen LogP contribution in [0.5, 0.6) is 0 Å². The molecule has 0 bridgehead atoms. The summed E-state index contributed by atoms with van der Waals surface area (Å²) in [5, 5.41) is 4.58. The van der Waals surface area contributed by atoms with Crippen LogP contribution in [0.15, 0.2) is 34.9 Å². The lowest BCUT2D eigenvalue weighted by Crippen LogP contribution is -2.48. The third-order valence-corrected chi connectivity index (χ3v) is 5.04. The maximum absolute atomic E-state index is 4.56. The molecule has 1 saturated heterocycles. The first-order valence-electron chi connectivity index (χ1n) is 6.87. The molecule has 3 rings (SSSR count). The van der Waals surface area contributed by atoms with Gasteiger partial charge in [-0.1, -0.05) is 28.1 Å². The van der Waals surface area contributed by atoms with E-state index in [1.54, 1.807) is 11.3 Å². The predicted molar refractivity (Wildman–Crippen MR) is 95.2 cm³/mol. The molecule has 1 N–H and O–H groups in total. The van der Waals surface area contributed by atoms with Gasteiger partial charge in [-0.3, -0.25) is 4.90 Å². The van der Waals surface area contributed by atoms with E-state index in [0.717, 1.165) is 35.7 Å². The molecule has 1 fully saturated rings. The van der Waals surface area contributed by atoms with Gasteiger partial charge in [0.05, 0.1) is 0 Å². The van der Waals surface area contributed by atoms with Crippen molar-refractivity contribution in [1.29, 1.82) is 0 Å². The van der Waals surface area contributed by atoms with Gasteiger partial charge in [0.1, 0.15) is 5.01 Å². The molecule has 0 unspecified atom stereocenters. The Hall–Kier alpha value is -0.460. The lowest BCUT2D eigenvalue weighted by molar-refractivity contribution is 0.201. The summed E-state index contributed by atoms with van der Waals surface area (Å²) in [5.41, 5.74) is 1.19. The Morgan fingerprint density at radius 2 is 2.14 bits per heavy atom. The van der Waals surface area contributed by atoms with Gasteiger partial charge < -0.3 is 5.32 Å². The number of nitrogens with one attached hydrogen (secondary N) is 1. The topological polar surface area (TPSA) is 28.2 Å². The van der Waals surface area contributed by atoms with Crippen molar-refractivity contribution in [3.63, 3.8) is 0 Å². The van der Waals surface area contributed by atoms with Crippen LogP contribution >= 0.6 is 39.7 Å². The fourth-order valence-corrected chi connectivity index (χ4v) is 3.71. The van der Waals surface area contributed by atoms with Gasteiger partial charge in [0, 0.05) is 53.3 Å². The molecule has 0 saturated carbocycles. The largest absolute Gasteiger partial charge is 0.312 e. The lowest BCUT2D eigenvalue weighted by atomic mass is 10.2. The Kier molecular flexibility index (Phi) is 6.20. The van der Waals surface area contributed by atoms with Gasteiger partial charge in [-0.25, -0.2) is 4.98 Å². The van der Waals surface area contributed by atoms with Crippen molar-refractivity contribution in [3.05, 3.63) is 39.8 Å². The van der Waals surface area contributed by atoms with Crippen LogP contribution in [0.4, 0.5) is 0 Å². The number of piperazine rings is 1. The summed E-state index contributed by atoms with van der Waals surface area (Å²) in [6.45, 7) is 6.58. The Morgan fingerprint density at radius 1 is 1.38 bits per heavy atom. The summed E-state index contributed by atoms with van der Waals surface area (Å²) >= 11 is 5.26. The summed E-state index contributed by atoms with van der Waals surface area (Å²) in [7, 11) is 0. The Bertz CT molecular complexity index is 573. The molecule has 1 aliphatic rings. The minimum Gasteiger partial charge on any atom is -0.312 e. The first-order chi connectivity index (χ1) is 9.70. The summed E-state index contributed by atoms with van der Waals surface area (Å²) in [5.74, 6) is 0. The lowest BCUT2D eigenvalue weighted by Gasteiger charge is -2.31. The van der Waals surface area contributed by atoms with Gasteiger partial charge in [0.15, 0.2) is 0 Å². The smallest absolute Gasteiger partial charge is 0.123 e. The summed E-state index contributed by atoms with van der Waals surface area (Å²) in [6.07, 6.45) is 2.02. The third-order valence-electron chi connectivity index (χ3n) is 3.48. The minimum absolute atomic E-state index is 0. The molecule has 2 aromatic rings. The van der Waals surface area contributed by atoms with Gasteiger partial charge in [-0.05, 0) is 19.1 Å². The van der Waals surface area contributed by atoms with Crippen LogP contribution in [-0.2, 0) is 6.54 Å². The van der Waals surface area contributed by atoms with Crippen LogP contribution in [0, 0.1) is 0 Å². The number of rotatable bonds is 3. The molecular weight excluding hydrogens is 370 g/mol. The molecule has 1 aliphatic heterocycles. The molecule has 1 atom stereocenters. The van der Waals surface area contributed by atoms with Crippen molar-refractivity contribution in [1.82, 2.24) is 15.2 Å². The molecule has 1 aromatic carbocycles. The zero-order chi connectivity index (χ0) is 13.9. The van der Waals surface area contributed by atoms with E-state index in [1.807, 2.05) is 6.20 Å². The van der Waals surface area contributed by atoms with Gasteiger partial charge in [-0.2, -0.15) is 0 Å². The summed E-state index contributed by atoms with van der Waals surface area (Å²) < 4.78 is 1.10. The van der Waals surface area contributed by atoms with Crippen LogP contribution in [0.1, 0.15) is 11.8 Å². The fraction of sp³-hybridized carbons (Fsp3) is 0.400. The quantitative estimate of drug-likeness (QED) is 0.867. The van der Waals surface area contributed by atoms with Gasteiger partial charge in [-0.15, -0.1) is 23.7 Å². The van der Waals surface area contributed by atoms with Crippen LogP contribution in [0.25, 0.3) is 10.6 Å². The molecule has 0 radical (unpaired) electrons. The number of halogens is 2. The first kappa shape index (κ1) is 16.9. The molecule has 21 heavy (non-hydrogen) atoms. The highest BCUT2D eigenvalue weighted by Gasteiger charge is 2.16. The van der Waals surface area contributed by atoms with Crippen molar-refractivity contribution >= 4 is 39.7 Å². The van der Waals surface area contributed by atoms with Crippen molar-refractivity contribution in [2.45, 2.75) is 19.5 Å². The number of thiazole rings is 1. The average Bonchev–Trinajstić information content (AvgIpc) is 2.88. The van der Waals surface area contributed by atoms with E-state index in [0.29, 0.717) is 6.04 Å². The number of nitrogens with zero attached hydrogens (tertiary/aromatic N) is 2.